The molecule has 0 atom stereocenters. The Kier molecular flexibility index (Phi) is 4.01. The first-order chi connectivity index (χ1) is 12.8. The third kappa shape index (κ3) is 2.54. The van der Waals surface area contributed by atoms with Crippen LogP contribution in [0, 0.1) is 11.3 Å². The number of anilines is 1. The van der Waals surface area contributed by atoms with Crippen LogP contribution in [0.5, 0.6) is 0 Å². The Labute approximate surface area is 152 Å². The largest absolute Gasteiger partial charge is 0.384 e. The molecule has 0 saturated heterocycles. The van der Waals surface area contributed by atoms with Crippen molar-refractivity contribution in [1.82, 2.24) is 4.57 Å². The Balaban J connectivity index is 2.14. The molecule has 3 aromatic carbocycles. The van der Waals surface area contributed by atoms with Gasteiger partial charge in [-0.05, 0) is 23.3 Å². The van der Waals surface area contributed by atoms with Crippen molar-refractivity contribution in [3.8, 4) is 34.1 Å². The van der Waals surface area contributed by atoms with Crippen LogP contribution in [-0.2, 0) is 0 Å². The number of nitrogens with two attached hydrogens (primary N) is 1. The number of aromatic nitrogens is 1. The summed E-state index contributed by atoms with van der Waals surface area (Å²) in [6.45, 7) is 0. The number of hydrogen-bond acceptors (Lipinski definition) is 2. The van der Waals surface area contributed by atoms with E-state index in [0.717, 1.165) is 28.1 Å². The molecule has 0 amide bonds. The molecule has 1 heterocycles. The molecule has 0 saturated carbocycles. The summed E-state index contributed by atoms with van der Waals surface area (Å²) in [4.78, 5) is 0. The van der Waals surface area contributed by atoms with Crippen LogP contribution in [0.3, 0.4) is 0 Å². The molecule has 0 spiro atoms. The van der Waals surface area contributed by atoms with E-state index < -0.39 is 0 Å². The molecular weight excluding hydrogens is 318 g/mol. The van der Waals surface area contributed by atoms with Crippen LogP contribution in [0.15, 0.2) is 91.0 Å². The van der Waals surface area contributed by atoms with E-state index >= 15 is 0 Å². The summed E-state index contributed by atoms with van der Waals surface area (Å²) in [7, 11) is 0. The molecule has 0 radical (unpaired) electrons. The highest BCUT2D eigenvalue weighted by atomic mass is 15.1. The molecule has 2 N–H and O–H groups in total. The number of rotatable bonds is 3. The van der Waals surface area contributed by atoms with Crippen LogP contribution in [0.1, 0.15) is 5.56 Å². The van der Waals surface area contributed by atoms with Gasteiger partial charge in [0.15, 0.2) is 0 Å². The number of nitriles is 1. The summed E-state index contributed by atoms with van der Waals surface area (Å²) in [5.74, 6) is 0.455. The smallest absolute Gasteiger partial charge is 0.127 e. The van der Waals surface area contributed by atoms with Crippen LogP contribution in [0.2, 0.25) is 0 Å². The summed E-state index contributed by atoms with van der Waals surface area (Å²) in [6, 6.07) is 32.2. The lowest BCUT2D eigenvalue weighted by Gasteiger charge is -2.13. The van der Waals surface area contributed by atoms with Crippen molar-refractivity contribution >= 4 is 5.82 Å². The summed E-state index contributed by atoms with van der Waals surface area (Å²) < 4.78 is 1.97. The van der Waals surface area contributed by atoms with Crippen molar-refractivity contribution in [3.05, 3.63) is 96.6 Å². The van der Waals surface area contributed by atoms with Gasteiger partial charge in [0.05, 0.1) is 5.69 Å². The van der Waals surface area contributed by atoms with Gasteiger partial charge in [0, 0.05) is 11.3 Å². The number of nitrogen functional groups attached to an aromatic ring is 1. The van der Waals surface area contributed by atoms with Gasteiger partial charge in [0.25, 0.3) is 0 Å². The van der Waals surface area contributed by atoms with Crippen LogP contribution in [0.4, 0.5) is 5.82 Å². The highest BCUT2D eigenvalue weighted by Gasteiger charge is 2.24. The molecule has 0 unspecified atom stereocenters. The van der Waals surface area contributed by atoms with Crippen molar-refractivity contribution in [2.24, 2.45) is 0 Å². The van der Waals surface area contributed by atoms with Gasteiger partial charge in [-0.1, -0.05) is 78.9 Å². The maximum atomic E-state index is 9.85. The third-order valence-corrected chi connectivity index (χ3v) is 4.44. The van der Waals surface area contributed by atoms with Gasteiger partial charge in [-0.2, -0.15) is 5.26 Å². The molecule has 0 bridgehead atoms. The van der Waals surface area contributed by atoms with Crippen LogP contribution in [0.25, 0.3) is 28.1 Å². The average molecular weight is 335 g/mol. The molecule has 26 heavy (non-hydrogen) atoms. The van der Waals surface area contributed by atoms with Crippen LogP contribution in [-0.4, -0.2) is 4.57 Å². The SMILES string of the molecule is N#Cc1c(-c2ccccc2)c(-c2ccccc2)n(-c2ccccc2)c1N. The zero-order chi connectivity index (χ0) is 17.9. The highest BCUT2D eigenvalue weighted by Crippen LogP contribution is 2.42. The molecule has 1 aromatic heterocycles. The van der Waals surface area contributed by atoms with Crippen LogP contribution < -0.4 is 5.73 Å². The van der Waals surface area contributed by atoms with E-state index in [-0.39, 0.29) is 0 Å². The van der Waals surface area contributed by atoms with Crippen molar-refractivity contribution in [3.63, 3.8) is 0 Å². The lowest BCUT2D eigenvalue weighted by atomic mass is 9.98. The average Bonchev–Trinajstić information content (AvgIpc) is 3.02. The molecule has 4 aromatic rings. The Hall–Kier alpha value is -3.77. The Morgan fingerprint density at radius 2 is 1.19 bits per heavy atom. The maximum absolute atomic E-state index is 9.85. The molecule has 4 rings (SSSR count). The van der Waals surface area contributed by atoms with E-state index in [0.29, 0.717) is 11.4 Å². The van der Waals surface area contributed by atoms with E-state index in [1.165, 1.54) is 0 Å². The Morgan fingerprint density at radius 1 is 0.692 bits per heavy atom. The first kappa shape index (κ1) is 15.7. The van der Waals surface area contributed by atoms with E-state index in [9.17, 15) is 5.26 Å². The first-order valence-corrected chi connectivity index (χ1v) is 8.42. The van der Waals surface area contributed by atoms with Gasteiger partial charge in [-0.15, -0.1) is 0 Å². The number of para-hydroxylation sites is 1. The number of benzene rings is 3. The van der Waals surface area contributed by atoms with Crippen LogP contribution >= 0.6 is 0 Å². The van der Waals surface area contributed by atoms with Crippen molar-refractivity contribution in [1.29, 1.82) is 5.26 Å². The number of nitrogens with zero attached hydrogens (tertiary/aromatic N) is 2. The second-order valence-corrected chi connectivity index (χ2v) is 6.00. The lowest BCUT2D eigenvalue weighted by Crippen LogP contribution is -2.02. The maximum Gasteiger partial charge on any atom is 0.127 e. The van der Waals surface area contributed by atoms with Gasteiger partial charge < -0.3 is 5.73 Å². The molecular formula is C23H17N3. The topological polar surface area (TPSA) is 54.7 Å². The van der Waals surface area contributed by atoms with E-state index in [2.05, 4.69) is 6.07 Å². The minimum atomic E-state index is 0.455. The minimum absolute atomic E-state index is 0.455. The van der Waals surface area contributed by atoms with E-state index in [1.807, 2.05) is 95.6 Å². The molecule has 0 aliphatic rings. The van der Waals surface area contributed by atoms with Gasteiger partial charge in [0.2, 0.25) is 0 Å². The monoisotopic (exact) mass is 335 g/mol. The summed E-state index contributed by atoms with van der Waals surface area (Å²) in [5, 5.41) is 9.85. The summed E-state index contributed by atoms with van der Waals surface area (Å²) in [6.07, 6.45) is 0. The zero-order valence-electron chi connectivity index (χ0n) is 14.1. The minimum Gasteiger partial charge on any atom is -0.384 e. The summed E-state index contributed by atoms with van der Waals surface area (Å²) >= 11 is 0. The fourth-order valence-electron chi connectivity index (χ4n) is 3.30. The molecule has 0 aliphatic heterocycles. The van der Waals surface area contributed by atoms with E-state index in [1.54, 1.807) is 0 Å². The van der Waals surface area contributed by atoms with Gasteiger partial charge in [-0.25, -0.2) is 0 Å². The Morgan fingerprint density at radius 3 is 1.73 bits per heavy atom. The lowest BCUT2D eigenvalue weighted by molar-refractivity contribution is 1.10. The van der Waals surface area contributed by atoms with Gasteiger partial charge in [-0.3, -0.25) is 4.57 Å². The molecule has 3 nitrogen and oxygen atoms in total. The standard InChI is InChI=1S/C23H17N3/c24-16-20-21(17-10-4-1-5-11-17)22(18-12-6-2-7-13-18)26(23(20)25)19-14-8-3-9-15-19/h1-15H,25H2. The first-order valence-electron chi connectivity index (χ1n) is 8.42. The van der Waals surface area contributed by atoms with Gasteiger partial charge >= 0.3 is 0 Å². The zero-order valence-corrected chi connectivity index (χ0v) is 14.1. The Bertz CT molecular complexity index is 1070. The molecule has 124 valence electrons. The predicted octanol–water partition coefficient (Wildman–Crippen LogP) is 5.27. The molecule has 0 aliphatic carbocycles. The fourth-order valence-corrected chi connectivity index (χ4v) is 3.30. The fraction of sp³-hybridized carbons (Fsp3) is 0. The third-order valence-electron chi connectivity index (χ3n) is 4.44. The van der Waals surface area contributed by atoms with Crippen molar-refractivity contribution in [2.75, 3.05) is 5.73 Å². The quantitative estimate of drug-likeness (QED) is 0.555. The normalized spacial score (nSPS) is 10.4. The van der Waals surface area contributed by atoms with Gasteiger partial charge in [0.1, 0.15) is 17.5 Å². The molecule has 0 fully saturated rings. The highest BCUT2D eigenvalue weighted by molar-refractivity contribution is 5.92. The van der Waals surface area contributed by atoms with Crippen molar-refractivity contribution < 1.29 is 0 Å². The van der Waals surface area contributed by atoms with Crippen molar-refractivity contribution in [2.45, 2.75) is 0 Å². The summed E-state index contributed by atoms with van der Waals surface area (Å²) in [5.41, 5.74) is 11.7. The van der Waals surface area contributed by atoms with E-state index in [4.69, 9.17) is 5.73 Å². The number of hydrogen-bond donors (Lipinski definition) is 1. The second-order valence-electron chi connectivity index (χ2n) is 6.00. The molecule has 3 heteroatoms. The second kappa shape index (κ2) is 6.62. The predicted molar refractivity (Wildman–Crippen MR) is 106 cm³/mol.